The van der Waals surface area contributed by atoms with Crippen molar-refractivity contribution in [2.75, 3.05) is 39.0 Å². The molecular weight excluding hydrogens is 609 g/mol. The fourth-order valence-electron chi connectivity index (χ4n) is 7.00. The van der Waals surface area contributed by atoms with Crippen molar-refractivity contribution in [3.05, 3.63) is 72.3 Å². The summed E-state index contributed by atoms with van der Waals surface area (Å²) in [5.41, 5.74) is 6.95. The molecule has 48 heavy (non-hydrogen) atoms. The van der Waals surface area contributed by atoms with Crippen LogP contribution in [0.25, 0.3) is 22.3 Å². The molecule has 2 aliphatic heterocycles. The SMILES string of the molecule is C[C@@H]1CN(C(C)(C)C=C(C#N)C(=O)N2CCCC(n3nc(-c4ccc(Oc5ccccc5)cc4F)c4c(N)ncnc43)C2)[C@@H](C)CN1C. The molecule has 0 bridgehead atoms. The first kappa shape index (κ1) is 33.1. The minimum Gasteiger partial charge on any atom is -0.457 e. The average Bonchev–Trinajstić information content (AvgIpc) is 3.46. The molecule has 0 aliphatic carbocycles. The zero-order valence-corrected chi connectivity index (χ0v) is 28.1. The predicted octanol–water partition coefficient (Wildman–Crippen LogP) is 5.42. The van der Waals surface area contributed by atoms with Gasteiger partial charge >= 0.3 is 0 Å². The number of nitriles is 1. The summed E-state index contributed by atoms with van der Waals surface area (Å²) in [6.07, 6.45) is 4.58. The molecule has 250 valence electrons. The number of fused-ring (bicyclic) bond motifs is 1. The number of nitrogens with two attached hydrogens (primary N) is 1. The van der Waals surface area contributed by atoms with Crippen molar-refractivity contribution in [3.63, 3.8) is 0 Å². The second-order valence-electron chi connectivity index (χ2n) is 13.5. The third kappa shape index (κ3) is 6.48. The number of halogens is 1. The number of anilines is 1. The van der Waals surface area contributed by atoms with Crippen molar-refractivity contribution in [1.82, 2.24) is 34.4 Å². The number of benzene rings is 2. The molecule has 1 unspecified atom stereocenters. The van der Waals surface area contributed by atoms with Gasteiger partial charge in [0.15, 0.2) is 5.65 Å². The Kier molecular flexibility index (Phi) is 9.18. The highest BCUT2D eigenvalue weighted by Crippen LogP contribution is 2.37. The van der Waals surface area contributed by atoms with E-state index in [0.29, 0.717) is 60.2 Å². The molecule has 4 heterocycles. The van der Waals surface area contributed by atoms with Crippen molar-refractivity contribution in [1.29, 1.82) is 5.26 Å². The van der Waals surface area contributed by atoms with Gasteiger partial charge in [-0.15, -0.1) is 0 Å². The summed E-state index contributed by atoms with van der Waals surface area (Å²) in [5, 5.41) is 15.5. The topological polar surface area (TPSA) is 129 Å². The highest BCUT2D eigenvalue weighted by molar-refractivity contribution is 5.99. The van der Waals surface area contributed by atoms with Crippen LogP contribution < -0.4 is 10.5 Å². The molecule has 2 fully saturated rings. The van der Waals surface area contributed by atoms with E-state index in [9.17, 15) is 10.1 Å². The first-order valence-corrected chi connectivity index (χ1v) is 16.4. The quantitative estimate of drug-likeness (QED) is 0.206. The normalized spacial score (nSPS) is 21.3. The van der Waals surface area contributed by atoms with Crippen LogP contribution in [0, 0.1) is 17.1 Å². The summed E-state index contributed by atoms with van der Waals surface area (Å²) in [4.78, 5) is 29.0. The van der Waals surface area contributed by atoms with Gasteiger partial charge in [-0.25, -0.2) is 19.0 Å². The lowest BCUT2D eigenvalue weighted by molar-refractivity contribution is -0.128. The standard InChI is InChI=1S/C36H42FN9O2/c1-23-20-45(24(2)19-43(23)5)36(3,4)17-25(18-38)35(47)44-15-9-10-26(21-44)46-34-31(33(39)40-22-41-34)32(42-46)29-14-13-28(16-30(29)37)48-27-11-7-6-8-12-27/h6-8,11-14,16-17,22-24,26H,9-10,15,19-21H2,1-5H3,(H2,39,40,41)/t23-,24+,26?/m1/s1. The fraction of sp³-hybridized carbons (Fsp3) is 0.417. The molecule has 1 amide bonds. The van der Waals surface area contributed by atoms with Gasteiger partial charge in [-0.1, -0.05) is 18.2 Å². The fourth-order valence-corrected chi connectivity index (χ4v) is 7.00. The molecule has 4 aromatic rings. The molecule has 11 nitrogen and oxygen atoms in total. The molecule has 0 saturated carbocycles. The third-order valence-electron chi connectivity index (χ3n) is 9.61. The van der Waals surface area contributed by atoms with E-state index in [1.807, 2.05) is 24.3 Å². The molecule has 2 N–H and O–H groups in total. The van der Waals surface area contributed by atoms with Gasteiger partial charge in [0.2, 0.25) is 0 Å². The molecule has 0 radical (unpaired) electrons. The number of piperazine rings is 1. The maximum atomic E-state index is 15.7. The van der Waals surface area contributed by atoms with E-state index in [-0.39, 0.29) is 34.9 Å². The Balaban J connectivity index is 1.27. The van der Waals surface area contributed by atoms with E-state index in [2.05, 4.69) is 60.6 Å². The zero-order valence-electron chi connectivity index (χ0n) is 28.1. The van der Waals surface area contributed by atoms with Gasteiger partial charge in [0.25, 0.3) is 5.91 Å². The molecular formula is C36H42FN9O2. The van der Waals surface area contributed by atoms with Gasteiger partial charge in [-0.3, -0.25) is 9.69 Å². The number of hydrogen-bond donors (Lipinski definition) is 1. The number of carbonyl (C=O) groups is 1. The molecule has 2 aliphatic rings. The Bertz CT molecular complexity index is 1880. The minimum atomic E-state index is -0.533. The maximum Gasteiger partial charge on any atom is 0.264 e. The van der Waals surface area contributed by atoms with Crippen LogP contribution >= 0.6 is 0 Å². The second kappa shape index (κ2) is 13.3. The largest absolute Gasteiger partial charge is 0.457 e. The lowest BCUT2D eigenvalue weighted by Gasteiger charge is -2.49. The van der Waals surface area contributed by atoms with Crippen molar-refractivity contribution in [3.8, 4) is 28.8 Å². The van der Waals surface area contributed by atoms with Crippen molar-refractivity contribution in [2.45, 2.75) is 64.2 Å². The van der Waals surface area contributed by atoms with E-state index < -0.39 is 11.4 Å². The number of carbonyl (C=O) groups excluding carboxylic acids is 1. The Morgan fingerprint density at radius 3 is 2.58 bits per heavy atom. The van der Waals surface area contributed by atoms with Crippen LogP contribution in [0.4, 0.5) is 10.2 Å². The molecule has 2 aromatic carbocycles. The number of para-hydroxylation sites is 1. The van der Waals surface area contributed by atoms with Crippen molar-refractivity contribution in [2.24, 2.45) is 0 Å². The average molecular weight is 652 g/mol. The Hall–Kier alpha value is -4.86. The highest BCUT2D eigenvalue weighted by atomic mass is 19.1. The summed E-state index contributed by atoms with van der Waals surface area (Å²) < 4.78 is 23.2. The van der Waals surface area contributed by atoms with Crippen molar-refractivity contribution < 1.29 is 13.9 Å². The number of likely N-dealkylation sites (N-methyl/N-ethyl adjacent to an activating group) is 1. The number of rotatable bonds is 7. The molecule has 2 aromatic heterocycles. The maximum absolute atomic E-state index is 15.7. The van der Waals surface area contributed by atoms with Crippen LogP contribution in [-0.2, 0) is 4.79 Å². The first-order valence-electron chi connectivity index (χ1n) is 16.4. The van der Waals surface area contributed by atoms with Crippen LogP contribution in [0.1, 0.15) is 46.6 Å². The third-order valence-corrected chi connectivity index (χ3v) is 9.61. The first-order chi connectivity index (χ1) is 23.0. The molecule has 0 spiro atoms. The lowest BCUT2D eigenvalue weighted by atomic mass is 9.93. The Morgan fingerprint density at radius 2 is 1.85 bits per heavy atom. The van der Waals surface area contributed by atoms with Gasteiger partial charge in [0.1, 0.15) is 46.8 Å². The Morgan fingerprint density at radius 1 is 1.08 bits per heavy atom. The van der Waals surface area contributed by atoms with Crippen LogP contribution in [-0.4, -0.2) is 91.2 Å². The predicted molar refractivity (Wildman–Crippen MR) is 183 cm³/mol. The van der Waals surface area contributed by atoms with E-state index in [0.717, 1.165) is 13.1 Å². The number of aromatic nitrogens is 4. The number of amides is 1. The number of nitrogens with zero attached hydrogens (tertiary/aromatic N) is 8. The van der Waals surface area contributed by atoms with Gasteiger partial charge in [-0.05, 0) is 77.9 Å². The number of piperidine rings is 1. The number of likely N-dealkylation sites (tertiary alicyclic amines) is 1. The van der Waals surface area contributed by atoms with Crippen LogP contribution in [0.3, 0.4) is 0 Å². The Labute approximate surface area is 280 Å². The number of ether oxygens (including phenoxy) is 1. The zero-order chi connectivity index (χ0) is 34.2. The summed E-state index contributed by atoms with van der Waals surface area (Å²) >= 11 is 0. The summed E-state index contributed by atoms with van der Waals surface area (Å²) in [6.45, 7) is 11.1. The van der Waals surface area contributed by atoms with E-state index in [4.69, 9.17) is 15.6 Å². The van der Waals surface area contributed by atoms with Crippen LogP contribution in [0.2, 0.25) is 0 Å². The molecule has 2 saturated heterocycles. The molecule has 12 heteroatoms. The monoisotopic (exact) mass is 651 g/mol. The summed E-state index contributed by atoms with van der Waals surface area (Å²) in [7, 11) is 2.12. The van der Waals surface area contributed by atoms with Gasteiger partial charge in [-0.2, -0.15) is 10.4 Å². The van der Waals surface area contributed by atoms with Crippen molar-refractivity contribution >= 4 is 22.8 Å². The van der Waals surface area contributed by atoms with E-state index in [1.165, 1.54) is 12.4 Å². The highest BCUT2D eigenvalue weighted by Gasteiger charge is 2.37. The number of nitrogen functional groups attached to an aromatic ring is 1. The van der Waals surface area contributed by atoms with Gasteiger partial charge < -0.3 is 20.3 Å². The lowest BCUT2D eigenvalue weighted by Crippen LogP contribution is -2.61. The van der Waals surface area contributed by atoms with E-state index in [1.54, 1.807) is 33.8 Å². The molecule has 6 rings (SSSR count). The minimum absolute atomic E-state index is 0.122. The van der Waals surface area contributed by atoms with E-state index >= 15 is 4.39 Å². The summed E-state index contributed by atoms with van der Waals surface area (Å²) in [6, 6.07) is 16.3. The van der Waals surface area contributed by atoms with Gasteiger partial charge in [0.05, 0.1) is 11.4 Å². The van der Waals surface area contributed by atoms with Crippen LogP contribution in [0.5, 0.6) is 11.5 Å². The van der Waals surface area contributed by atoms with Crippen LogP contribution in [0.15, 0.2) is 66.5 Å². The molecule has 3 atom stereocenters. The number of hydrogen-bond acceptors (Lipinski definition) is 9. The smallest absolute Gasteiger partial charge is 0.264 e. The van der Waals surface area contributed by atoms with Gasteiger partial charge in [0, 0.05) is 55.4 Å². The second-order valence-corrected chi connectivity index (χ2v) is 13.5. The summed E-state index contributed by atoms with van der Waals surface area (Å²) in [5.74, 6) is 0.274.